The molecule has 2 aliphatic heterocycles. The van der Waals surface area contributed by atoms with Crippen molar-refractivity contribution in [1.29, 1.82) is 0 Å². The third kappa shape index (κ3) is 2.48. The van der Waals surface area contributed by atoms with E-state index in [9.17, 15) is 9.59 Å². The van der Waals surface area contributed by atoms with Gasteiger partial charge in [-0.2, -0.15) is 0 Å². The maximum absolute atomic E-state index is 12.5. The van der Waals surface area contributed by atoms with Crippen LogP contribution in [0.15, 0.2) is 24.3 Å². The lowest BCUT2D eigenvalue weighted by Gasteiger charge is -2.29. The second-order valence-electron chi connectivity index (χ2n) is 5.35. The fraction of sp³-hybridized carbons (Fsp3) is 0.467. The van der Waals surface area contributed by atoms with Crippen LogP contribution in [0.25, 0.3) is 0 Å². The van der Waals surface area contributed by atoms with E-state index in [0.717, 1.165) is 37.1 Å². The van der Waals surface area contributed by atoms with Crippen LogP contribution in [0.5, 0.6) is 0 Å². The van der Waals surface area contributed by atoms with Gasteiger partial charge in [0.2, 0.25) is 11.8 Å². The Hall–Kier alpha value is -2.04. The topological polar surface area (TPSA) is 70.2 Å². The fourth-order valence-corrected chi connectivity index (χ4v) is 2.92. The van der Waals surface area contributed by atoms with Crippen LogP contribution in [0.4, 0.5) is 5.69 Å². The molecule has 3 N–H and O–H groups in total. The van der Waals surface area contributed by atoms with Crippen LogP contribution in [-0.4, -0.2) is 30.9 Å². The monoisotopic (exact) mass is 273 g/mol. The molecule has 3 rings (SSSR count). The highest BCUT2D eigenvalue weighted by Crippen LogP contribution is 2.31. The molecule has 106 valence electrons. The van der Waals surface area contributed by atoms with Gasteiger partial charge in [-0.25, -0.2) is 0 Å². The maximum Gasteiger partial charge on any atom is 0.242 e. The summed E-state index contributed by atoms with van der Waals surface area (Å²) >= 11 is 0. The predicted molar refractivity (Wildman–Crippen MR) is 76.5 cm³/mol. The first kappa shape index (κ1) is 13.0. The number of hydrogen-bond acceptors (Lipinski definition) is 3. The van der Waals surface area contributed by atoms with E-state index in [1.54, 1.807) is 0 Å². The van der Waals surface area contributed by atoms with E-state index in [0.29, 0.717) is 6.54 Å². The van der Waals surface area contributed by atoms with Gasteiger partial charge in [0.25, 0.3) is 0 Å². The molecule has 0 aliphatic carbocycles. The third-order valence-corrected chi connectivity index (χ3v) is 4.00. The molecule has 2 aliphatic rings. The molecule has 1 fully saturated rings. The van der Waals surface area contributed by atoms with E-state index < -0.39 is 0 Å². The SMILES string of the molecule is O=C1NCCCC1NC(=O)C1CCNc2ccccc21. The number of benzene rings is 1. The van der Waals surface area contributed by atoms with Gasteiger partial charge in [-0.15, -0.1) is 0 Å². The lowest BCUT2D eigenvalue weighted by atomic mass is 9.90. The molecular weight excluding hydrogens is 254 g/mol. The summed E-state index contributed by atoms with van der Waals surface area (Å²) in [7, 11) is 0. The van der Waals surface area contributed by atoms with E-state index in [1.165, 1.54) is 0 Å². The Morgan fingerprint density at radius 1 is 1.15 bits per heavy atom. The fourth-order valence-electron chi connectivity index (χ4n) is 2.92. The van der Waals surface area contributed by atoms with Gasteiger partial charge >= 0.3 is 0 Å². The average molecular weight is 273 g/mol. The summed E-state index contributed by atoms with van der Waals surface area (Å²) in [6.45, 7) is 1.49. The summed E-state index contributed by atoms with van der Waals surface area (Å²) in [5.41, 5.74) is 2.04. The Morgan fingerprint density at radius 3 is 2.85 bits per heavy atom. The number of hydrogen-bond donors (Lipinski definition) is 3. The summed E-state index contributed by atoms with van der Waals surface area (Å²) in [5.74, 6) is -0.269. The highest BCUT2D eigenvalue weighted by atomic mass is 16.2. The number of amides is 2. The summed E-state index contributed by atoms with van der Waals surface area (Å²) in [6, 6.07) is 7.49. The van der Waals surface area contributed by atoms with Gasteiger partial charge in [-0.1, -0.05) is 18.2 Å². The Morgan fingerprint density at radius 2 is 2.00 bits per heavy atom. The van der Waals surface area contributed by atoms with Gasteiger partial charge in [-0.05, 0) is 30.9 Å². The Labute approximate surface area is 118 Å². The smallest absolute Gasteiger partial charge is 0.242 e. The molecule has 2 atom stereocenters. The largest absolute Gasteiger partial charge is 0.385 e. The van der Waals surface area contributed by atoms with Crippen molar-refractivity contribution in [2.45, 2.75) is 31.2 Å². The van der Waals surface area contributed by atoms with Crippen LogP contribution in [0.3, 0.4) is 0 Å². The van der Waals surface area contributed by atoms with Gasteiger partial charge in [0.1, 0.15) is 6.04 Å². The van der Waals surface area contributed by atoms with Crippen molar-refractivity contribution in [2.24, 2.45) is 0 Å². The molecule has 0 saturated carbocycles. The van der Waals surface area contributed by atoms with Crippen molar-refractivity contribution in [1.82, 2.24) is 10.6 Å². The minimum absolute atomic E-state index is 0.0407. The van der Waals surface area contributed by atoms with Gasteiger partial charge < -0.3 is 16.0 Å². The average Bonchev–Trinajstić information content (AvgIpc) is 2.49. The van der Waals surface area contributed by atoms with E-state index in [-0.39, 0.29) is 23.8 Å². The van der Waals surface area contributed by atoms with Crippen molar-refractivity contribution in [3.63, 3.8) is 0 Å². The van der Waals surface area contributed by atoms with Crippen molar-refractivity contribution in [2.75, 3.05) is 18.4 Å². The van der Waals surface area contributed by atoms with Crippen LogP contribution in [0.1, 0.15) is 30.7 Å². The molecule has 0 bridgehead atoms. The first-order valence-corrected chi connectivity index (χ1v) is 7.16. The van der Waals surface area contributed by atoms with Crippen molar-refractivity contribution in [3.05, 3.63) is 29.8 Å². The highest BCUT2D eigenvalue weighted by molar-refractivity contribution is 5.92. The van der Waals surface area contributed by atoms with Gasteiger partial charge in [0.05, 0.1) is 5.92 Å². The van der Waals surface area contributed by atoms with Gasteiger partial charge in [-0.3, -0.25) is 9.59 Å². The predicted octanol–water partition coefficient (Wildman–Crippen LogP) is 0.981. The van der Waals surface area contributed by atoms with Gasteiger partial charge in [0, 0.05) is 18.8 Å². The van der Waals surface area contributed by atoms with E-state index in [2.05, 4.69) is 16.0 Å². The number of piperidine rings is 1. The van der Waals surface area contributed by atoms with Crippen molar-refractivity contribution < 1.29 is 9.59 Å². The molecule has 20 heavy (non-hydrogen) atoms. The van der Waals surface area contributed by atoms with E-state index >= 15 is 0 Å². The first-order chi connectivity index (χ1) is 9.75. The van der Waals surface area contributed by atoms with Crippen molar-refractivity contribution >= 4 is 17.5 Å². The second kappa shape index (κ2) is 5.53. The van der Waals surface area contributed by atoms with Gasteiger partial charge in [0.15, 0.2) is 0 Å². The van der Waals surface area contributed by atoms with Crippen LogP contribution in [0, 0.1) is 0 Å². The zero-order valence-corrected chi connectivity index (χ0v) is 11.3. The Balaban J connectivity index is 1.73. The molecule has 0 spiro atoms. The molecule has 0 aromatic heterocycles. The molecular formula is C15H19N3O2. The molecule has 5 nitrogen and oxygen atoms in total. The summed E-state index contributed by atoms with van der Waals surface area (Å²) in [6.07, 6.45) is 2.40. The minimum Gasteiger partial charge on any atom is -0.385 e. The molecule has 0 radical (unpaired) electrons. The number of para-hydroxylation sites is 1. The molecule has 2 unspecified atom stereocenters. The zero-order valence-electron chi connectivity index (χ0n) is 11.3. The van der Waals surface area contributed by atoms with E-state index in [4.69, 9.17) is 0 Å². The first-order valence-electron chi connectivity index (χ1n) is 7.16. The molecule has 1 saturated heterocycles. The summed E-state index contributed by atoms with van der Waals surface area (Å²) in [5, 5.41) is 8.99. The maximum atomic E-state index is 12.5. The standard InChI is InChI=1S/C15H19N3O2/c19-14(18-13-6-3-8-17-15(13)20)11-7-9-16-12-5-2-1-4-10(11)12/h1-2,4-5,11,13,16H,3,6-9H2,(H,17,20)(H,18,19). The Bertz CT molecular complexity index is 530. The Kier molecular flexibility index (Phi) is 3.58. The second-order valence-corrected chi connectivity index (χ2v) is 5.35. The van der Waals surface area contributed by atoms with E-state index in [1.807, 2.05) is 24.3 Å². The summed E-state index contributed by atoms with van der Waals surface area (Å²) in [4.78, 5) is 24.2. The quantitative estimate of drug-likeness (QED) is 0.752. The number of carbonyl (C=O) groups excluding carboxylic acids is 2. The third-order valence-electron chi connectivity index (χ3n) is 4.00. The molecule has 1 aromatic rings. The molecule has 2 amide bonds. The zero-order chi connectivity index (χ0) is 13.9. The van der Waals surface area contributed by atoms with Crippen LogP contribution >= 0.6 is 0 Å². The summed E-state index contributed by atoms with van der Waals surface area (Å²) < 4.78 is 0. The number of carbonyl (C=O) groups is 2. The van der Waals surface area contributed by atoms with Crippen LogP contribution in [0.2, 0.25) is 0 Å². The molecule has 2 heterocycles. The highest BCUT2D eigenvalue weighted by Gasteiger charge is 2.30. The lowest BCUT2D eigenvalue weighted by molar-refractivity contribution is -0.130. The van der Waals surface area contributed by atoms with Crippen LogP contribution in [-0.2, 0) is 9.59 Å². The molecule has 1 aromatic carbocycles. The van der Waals surface area contributed by atoms with Crippen LogP contribution < -0.4 is 16.0 Å². The normalized spacial score (nSPS) is 25.1. The number of anilines is 1. The minimum atomic E-state index is -0.377. The number of nitrogens with one attached hydrogen (secondary N) is 3. The van der Waals surface area contributed by atoms with Crippen molar-refractivity contribution in [3.8, 4) is 0 Å². The number of rotatable bonds is 2. The lowest BCUT2D eigenvalue weighted by Crippen LogP contribution is -2.51. The molecule has 5 heteroatoms. The number of fused-ring (bicyclic) bond motifs is 1.